The summed E-state index contributed by atoms with van der Waals surface area (Å²) in [5.41, 5.74) is -1.26. The SMILES string of the molecule is CC(C)(C)c1ccc(-n2cnc(C(=O)O)c2C(F)(F)F)cc1. The van der Waals surface area contributed by atoms with Gasteiger partial charge in [0.25, 0.3) is 0 Å². The van der Waals surface area contributed by atoms with Crippen LogP contribution in [0.1, 0.15) is 42.5 Å². The van der Waals surface area contributed by atoms with Crippen LogP contribution in [0.3, 0.4) is 0 Å². The molecule has 0 saturated carbocycles. The van der Waals surface area contributed by atoms with Crippen molar-refractivity contribution < 1.29 is 23.1 Å². The van der Waals surface area contributed by atoms with Crippen LogP contribution in [0.4, 0.5) is 13.2 Å². The first kappa shape index (κ1) is 16.1. The van der Waals surface area contributed by atoms with Crippen molar-refractivity contribution in [3.63, 3.8) is 0 Å². The molecule has 0 aliphatic heterocycles. The topological polar surface area (TPSA) is 55.1 Å². The van der Waals surface area contributed by atoms with E-state index >= 15 is 0 Å². The van der Waals surface area contributed by atoms with Crippen molar-refractivity contribution in [1.82, 2.24) is 9.55 Å². The van der Waals surface area contributed by atoms with E-state index in [0.717, 1.165) is 16.5 Å². The molecule has 7 heteroatoms. The Hall–Kier alpha value is -2.31. The highest BCUT2D eigenvalue weighted by molar-refractivity contribution is 5.87. The number of hydrogen-bond acceptors (Lipinski definition) is 2. The molecule has 0 fully saturated rings. The van der Waals surface area contributed by atoms with Gasteiger partial charge in [0.05, 0.1) is 0 Å². The van der Waals surface area contributed by atoms with E-state index < -0.39 is 23.5 Å². The van der Waals surface area contributed by atoms with Crippen molar-refractivity contribution in [3.8, 4) is 5.69 Å². The average molecular weight is 312 g/mol. The first-order valence-corrected chi connectivity index (χ1v) is 6.50. The Balaban J connectivity index is 2.56. The van der Waals surface area contributed by atoms with Gasteiger partial charge in [0.2, 0.25) is 0 Å². The molecule has 2 aromatic rings. The van der Waals surface area contributed by atoms with Gasteiger partial charge in [-0.2, -0.15) is 13.2 Å². The number of carbonyl (C=O) groups is 1. The third kappa shape index (κ3) is 2.98. The first-order valence-electron chi connectivity index (χ1n) is 6.50. The van der Waals surface area contributed by atoms with E-state index in [1.54, 1.807) is 12.1 Å². The van der Waals surface area contributed by atoms with Crippen molar-refractivity contribution in [3.05, 3.63) is 47.5 Å². The molecule has 0 spiro atoms. The van der Waals surface area contributed by atoms with E-state index in [1.165, 1.54) is 12.1 Å². The van der Waals surface area contributed by atoms with Crippen molar-refractivity contribution >= 4 is 5.97 Å². The van der Waals surface area contributed by atoms with Gasteiger partial charge in [-0.3, -0.25) is 4.57 Å². The Morgan fingerprint density at radius 2 is 1.68 bits per heavy atom. The van der Waals surface area contributed by atoms with Gasteiger partial charge in [0.15, 0.2) is 11.4 Å². The standard InChI is InChI=1S/C15H15F3N2O2/c1-14(2,3)9-4-6-10(7-5-9)20-8-19-11(13(21)22)12(20)15(16,17)18/h4-8H,1-3H3,(H,21,22). The Morgan fingerprint density at radius 3 is 2.09 bits per heavy atom. The van der Waals surface area contributed by atoms with Gasteiger partial charge >= 0.3 is 12.1 Å². The first-order chi connectivity index (χ1) is 10.0. The van der Waals surface area contributed by atoms with Crippen molar-refractivity contribution in [2.24, 2.45) is 0 Å². The monoisotopic (exact) mass is 312 g/mol. The van der Waals surface area contributed by atoms with E-state index in [4.69, 9.17) is 5.11 Å². The number of benzene rings is 1. The Bertz CT molecular complexity index is 695. The Morgan fingerprint density at radius 1 is 1.14 bits per heavy atom. The molecule has 118 valence electrons. The molecule has 0 atom stereocenters. The number of alkyl halides is 3. The number of hydrogen-bond donors (Lipinski definition) is 1. The lowest BCUT2D eigenvalue weighted by Crippen LogP contribution is -2.17. The Kier molecular flexibility index (Phi) is 3.76. The third-order valence-electron chi connectivity index (χ3n) is 3.25. The molecule has 0 aliphatic rings. The van der Waals surface area contributed by atoms with E-state index in [0.29, 0.717) is 0 Å². The average Bonchev–Trinajstić information content (AvgIpc) is 2.82. The van der Waals surface area contributed by atoms with Crippen LogP contribution in [-0.4, -0.2) is 20.6 Å². The summed E-state index contributed by atoms with van der Waals surface area (Å²) in [5.74, 6) is -1.71. The second-order valence-electron chi connectivity index (χ2n) is 5.91. The van der Waals surface area contributed by atoms with Crippen molar-refractivity contribution in [2.75, 3.05) is 0 Å². The maximum Gasteiger partial charge on any atom is 0.434 e. The largest absolute Gasteiger partial charge is 0.476 e. The van der Waals surface area contributed by atoms with Gasteiger partial charge in [-0.25, -0.2) is 9.78 Å². The molecule has 22 heavy (non-hydrogen) atoms. The van der Waals surface area contributed by atoms with Crippen molar-refractivity contribution in [2.45, 2.75) is 32.4 Å². The zero-order chi connectivity index (χ0) is 16.7. The highest BCUT2D eigenvalue weighted by Crippen LogP contribution is 2.34. The fourth-order valence-corrected chi connectivity index (χ4v) is 2.09. The third-order valence-corrected chi connectivity index (χ3v) is 3.25. The molecule has 1 aromatic carbocycles. The van der Waals surface area contributed by atoms with Crippen LogP contribution in [-0.2, 0) is 11.6 Å². The normalized spacial score (nSPS) is 12.5. The minimum Gasteiger partial charge on any atom is -0.476 e. The molecule has 0 radical (unpaired) electrons. The zero-order valence-corrected chi connectivity index (χ0v) is 12.3. The van der Waals surface area contributed by atoms with E-state index in [1.807, 2.05) is 20.8 Å². The predicted molar refractivity (Wildman–Crippen MR) is 74.2 cm³/mol. The van der Waals surface area contributed by atoms with Crippen molar-refractivity contribution in [1.29, 1.82) is 0 Å². The molecular formula is C15H15F3N2O2. The molecule has 1 aromatic heterocycles. The van der Waals surface area contributed by atoms with Gasteiger partial charge in [0, 0.05) is 5.69 Å². The predicted octanol–water partition coefficient (Wildman–Crippen LogP) is 3.89. The lowest BCUT2D eigenvalue weighted by molar-refractivity contribution is -0.142. The smallest absolute Gasteiger partial charge is 0.434 e. The second-order valence-corrected chi connectivity index (χ2v) is 5.91. The zero-order valence-electron chi connectivity index (χ0n) is 12.3. The van der Waals surface area contributed by atoms with Gasteiger partial charge in [-0.15, -0.1) is 0 Å². The number of rotatable bonds is 2. The van der Waals surface area contributed by atoms with Crippen LogP contribution in [0.15, 0.2) is 30.6 Å². The summed E-state index contributed by atoms with van der Waals surface area (Å²) in [6.07, 6.45) is -3.94. The fourth-order valence-electron chi connectivity index (χ4n) is 2.09. The van der Waals surface area contributed by atoms with Gasteiger partial charge in [-0.1, -0.05) is 32.9 Å². The fraction of sp³-hybridized carbons (Fsp3) is 0.333. The molecule has 0 saturated heterocycles. The number of aromatic nitrogens is 2. The van der Waals surface area contributed by atoms with E-state index in [-0.39, 0.29) is 11.1 Å². The summed E-state index contributed by atoms with van der Waals surface area (Å²) < 4.78 is 40.1. The van der Waals surface area contributed by atoms with Gasteiger partial charge in [-0.05, 0) is 23.1 Å². The lowest BCUT2D eigenvalue weighted by Gasteiger charge is -2.19. The Labute approximate surface area is 125 Å². The molecule has 1 N–H and O–H groups in total. The summed E-state index contributed by atoms with van der Waals surface area (Å²) in [4.78, 5) is 14.3. The van der Waals surface area contributed by atoms with E-state index in [2.05, 4.69) is 4.98 Å². The van der Waals surface area contributed by atoms with Crippen LogP contribution in [0.5, 0.6) is 0 Å². The van der Waals surface area contributed by atoms with Gasteiger partial charge < -0.3 is 5.11 Å². The number of imidazole rings is 1. The summed E-state index contributed by atoms with van der Waals surface area (Å²) >= 11 is 0. The van der Waals surface area contributed by atoms with Gasteiger partial charge in [0.1, 0.15) is 6.33 Å². The lowest BCUT2D eigenvalue weighted by atomic mass is 9.87. The molecule has 0 unspecified atom stereocenters. The maximum atomic E-state index is 13.1. The minimum atomic E-state index is -4.81. The molecule has 0 bridgehead atoms. The molecule has 2 rings (SSSR count). The number of halogens is 3. The second kappa shape index (κ2) is 5.15. The number of nitrogens with zero attached hydrogens (tertiary/aromatic N) is 2. The quantitative estimate of drug-likeness (QED) is 0.915. The molecule has 0 aliphatic carbocycles. The van der Waals surface area contributed by atoms with Crippen LogP contribution >= 0.6 is 0 Å². The van der Waals surface area contributed by atoms with Crippen LogP contribution < -0.4 is 0 Å². The molecule has 0 amide bonds. The summed E-state index contributed by atoms with van der Waals surface area (Å²) in [5, 5.41) is 8.86. The van der Waals surface area contributed by atoms with Crippen LogP contribution in [0.25, 0.3) is 5.69 Å². The molecule has 4 nitrogen and oxygen atoms in total. The van der Waals surface area contributed by atoms with E-state index in [9.17, 15) is 18.0 Å². The summed E-state index contributed by atoms with van der Waals surface area (Å²) in [6, 6.07) is 6.47. The number of aromatic carboxylic acids is 1. The van der Waals surface area contributed by atoms with Crippen LogP contribution in [0.2, 0.25) is 0 Å². The number of carboxylic acids is 1. The van der Waals surface area contributed by atoms with Crippen LogP contribution in [0, 0.1) is 0 Å². The minimum absolute atomic E-state index is 0.132. The molecule has 1 heterocycles. The highest BCUT2D eigenvalue weighted by Gasteiger charge is 2.40. The maximum absolute atomic E-state index is 13.1. The molecular weight excluding hydrogens is 297 g/mol. The number of carboxylic acid groups (broad SMARTS) is 1. The highest BCUT2D eigenvalue weighted by atomic mass is 19.4. The summed E-state index contributed by atoms with van der Waals surface area (Å²) in [6.45, 7) is 5.97. The summed E-state index contributed by atoms with van der Waals surface area (Å²) in [7, 11) is 0.